The number of ketones is 1. The fourth-order valence-corrected chi connectivity index (χ4v) is 5.45. The van der Waals surface area contributed by atoms with E-state index in [0.29, 0.717) is 30.7 Å². The molecule has 2 aliphatic heterocycles. The predicted molar refractivity (Wildman–Crippen MR) is 141 cm³/mol. The molecule has 2 aliphatic rings. The largest absolute Gasteiger partial charge is 0.444 e. The summed E-state index contributed by atoms with van der Waals surface area (Å²) in [6, 6.07) is 8.61. The summed E-state index contributed by atoms with van der Waals surface area (Å²) in [5.41, 5.74) is 1.96. The normalized spacial score (nSPS) is 19.3. The van der Waals surface area contributed by atoms with Crippen LogP contribution in [0.1, 0.15) is 42.6 Å². The van der Waals surface area contributed by atoms with Crippen molar-refractivity contribution in [3.05, 3.63) is 72.5 Å². The van der Waals surface area contributed by atoms with Gasteiger partial charge in [0.05, 0.1) is 25.2 Å². The van der Waals surface area contributed by atoms with E-state index in [1.165, 1.54) is 6.39 Å². The van der Waals surface area contributed by atoms with Crippen LogP contribution in [0.15, 0.2) is 65.8 Å². The standard InChI is InChI=1S/C29H31N5O5/c1-18(2)12-22(32-28(37)21-7-5-20(6-8-21)25-15-31-17-39-25)29(38)33-11-9-23-27(33)24(35)16-34(23)26(36)13-19-4-3-10-30-14-19/h3-8,10,14-15,17-18,22-23,27H,9,11-13,16H2,1-2H3,(H,32,37). The summed E-state index contributed by atoms with van der Waals surface area (Å²) in [5, 5.41) is 2.89. The molecule has 10 nitrogen and oxygen atoms in total. The Hall–Kier alpha value is -4.34. The van der Waals surface area contributed by atoms with Crippen molar-refractivity contribution in [1.29, 1.82) is 0 Å². The first-order valence-corrected chi connectivity index (χ1v) is 13.1. The van der Waals surface area contributed by atoms with E-state index >= 15 is 0 Å². The van der Waals surface area contributed by atoms with Crippen LogP contribution in [0.25, 0.3) is 11.3 Å². The summed E-state index contributed by atoms with van der Waals surface area (Å²) in [7, 11) is 0. The Morgan fingerprint density at radius 2 is 1.87 bits per heavy atom. The quantitative estimate of drug-likeness (QED) is 0.475. The van der Waals surface area contributed by atoms with Crippen LogP contribution in [0, 0.1) is 5.92 Å². The molecule has 0 radical (unpaired) electrons. The molecule has 3 atom stereocenters. The molecule has 0 aliphatic carbocycles. The van der Waals surface area contributed by atoms with Crippen molar-refractivity contribution in [3.8, 4) is 11.3 Å². The third-order valence-corrected chi connectivity index (χ3v) is 7.28. The summed E-state index contributed by atoms with van der Waals surface area (Å²) in [4.78, 5) is 64.1. The molecule has 3 amide bonds. The maximum absolute atomic E-state index is 13.7. The average Bonchev–Trinajstić information content (AvgIpc) is 3.68. The number of carbonyl (C=O) groups is 4. The number of nitrogens with zero attached hydrogens (tertiary/aromatic N) is 4. The maximum atomic E-state index is 13.7. The van der Waals surface area contributed by atoms with Crippen LogP contribution in [0.5, 0.6) is 0 Å². The van der Waals surface area contributed by atoms with Gasteiger partial charge in [-0.3, -0.25) is 24.2 Å². The number of pyridine rings is 1. The average molecular weight is 530 g/mol. The number of hydrogen-bond acceptors (Lipinski definition) is 7. The molecule has 1 aromatic carbocycles. The third-order valence-electron chi connectivity index (χ3n) is 7.28. The SMILES string of the molecule is CC(C)CC(NC(=O)c1ccc(-c2cnco2)cc1)C(=O)N1CCC2C1C(=O)CN2C(=O)Cc1cccnc1. The van der Waals surface area contributed by atoms with Gasteiger partial charge in [-0.1, -0.05) is 32.0 Å². The molecule has 202 valence electrons. The lowest BCUT2D eigenvalue weighted by atomic mass is 10.0. The molecule has 4 heterocycles. The van der Waals surface area contributed by atoms with Gasteiger partial charge >= 0.3 is 0 Å². The van der Waals surface area contributed by atoms with Gasteiger partial charge < -0.3 is 19.5 Å². The molecule has 0 saturated carbocycles. The summed E-state index contributed by atoms with van der Waals surface area (Å²) < 4.78 is 5.29. The first-order chi connectivity index (χ1) is 18.8. The lowest BCUT2D eigenvalue weighted by Crippen LogP contribution is -2.53. The molecule has 0 spiro atoms. The minimum Gasteiger partial charge on any atom is -0.444 e. The second kappa shape index (κ2) is 11.2. The zero-order valence-electron chi connectivity index (χ0n) is 21.9. The second-order valence-electron chi connectivity index (χ2n) is 10.5. The van der Waals surface area contributed by atoms with E-state index in [1.54, 1.807) is 58.7 Å². The molecule has 5 rings (SSSR count). The van der Waals surface area contributed by atoms with Gasteiger partial charge in [0.2, 0.25) is 11.8 Å². The third kappa shape index (κ3) is 5.59. The van der Waals surface area contributed by atoms with Gasteiger partial charge in [-0.25, -0.2) is 4.98 Å². The van der Waals surface area contributed by atoms with Gasteiger partial charge in [-0.05, 0) is 42.5 Å². The van der Waals surface area contributed by atoms with Crippen molar-refractivity contribution in [1.82, 2.24) is 25.1 Å². The van der Waals surface area contributed by atoms with Crippen LogP contribution < -0.4 is 5.32 Å². The Bertz CT molecular complexity index is 1340. The summed E-state index contributed by atoms with van der Waals surface area (Å²) in [6.45, 7) is 4.29. The van der Waals surface area contributed by atoms with Crippen molar-refractivity contribution >= 4 is 23.5 Å². The van der Waals surface area contributed by atoms with Gasteiger partial charge in [0.15, 0.2) is 17.9 Å². The van der Waals surface area contributed by atoms with Crippen LogP contribution in [0.4, 0.5) is 0 Å². The zero-order chi connectivity index (χ0) is 27.5. The predicted octanol–water partition coefficient (Wildman–Crippen LogP) is 2.50. The summed E-state index contributed by atoms with van der Waals surface area (Å²) in [5.74, 6) is -0.254. The fraction of sp³-hybridized carbons (Fsp3) is 0.379. The van der Waals surface area contributed by atoms with Gasteiger partial charge in [0.25, 0.3) is 5.91 Å². The number of likely N-dealkylation sites (tertiary alicyclic amines) is 2. The zero-order valence-corrected chi connectivity index (χ0v) is 21.9. The highest BCUT2D eigenvalue weighted by molar-refractivity contribution is 6.01. The number of Topliss-reactive ketones (excluding diaryl/α,β-unsaturated/α-hetero) is 1. The number of carbonyl (C=O) groups excluding carboxylic acids is 4. The van der Waals surface area contributed by atoms with Crippen LogP contribution in [-0.4, -0.2) is 74.5 Å². The first kappa shape index (κ1) is 26.3. The van der Waals surface area contributed by atoms with E-state index in [4.69, 9.17) is 4.42 Å². The van der Waals surface area contributed by atoms with Crippen LogP contribution in [0.3, 0.4) is 0 Å². The lowest BCUT2D eigenvalue weighted by molar-refractivity contribution is -0.138. The molecule has 3 aromatic rings. The van der Waals surface area contributed by atoms with E-state index in [1.807, 2.05) is 19.9 Å². The second-order valence-corrected chi connectivity index (χ2v) is 10.5. The van der Waals surface area contributed by atoms with Crippen molar-refractivity contribution in [3.63, 3.8) is 0 Å². The fourth-order valence-electron chi connectivity index (χ4n) is 5.45. The molecule has 0 bridgehead atoms. The van der Waals surface area contributed by atoms with Crippen molar-refractivity contribution in [2.24, 2.45) is 5.92 Å². The number of fused-ring (bicyclic) bond motifs is 1. The molecule has 2 aromatic heterocycles. The molecular weight excluding hydrogens is 498 g/mol. The highest BCUT2D eigenvalue weighted by atomic mass is 16.3. The first-order valence-electron chi connectivity index (χ1n) is 13.1. The van der Waals surface area contributed by atoms with E-state index < -0.39 is 12.1 Å². The van der Waals surface area contributed by atoms with Gasteiger partial charge in [0, 0.05) is 30.1 Å². The Morgan fingerprint density at radius 1 is 1.08 bits per heavy atom. The highest BCUT2D eigenvalue weighted by Crippen LogP contribution is 2.31. The van der Waals surface area contributed by atoms with Crippen molar-refractivity contribution in [2.45, 2.75) is 51.2 Å². The Balaban J connectivity index is 1.27. The van der Waals surface area contributed by atoms with Crippen LogP contribution >= 0.6 is 0 Å². The van der Waals surface area contributed by atoms with E-state index in [-0.39, 0.29) is 48.4 Å². The minimum absolute atomic E-state index is 0.0169. The summed E-state index contributed by atoms with van der Waals surface area (Å²) >= 11 is 0. The maximum Gasteiger partial charge on any atom is 0.251 e. The van der Waals surface area contributed by atoms with Crippen molar-refractivity contribution < 1.29 is 23.6 Å². The molecule has 1 N–H and O–H groups in total. The molecule has 2 fully saturated rings. The number of nitrogens with one attached hydrogen (secondary N) is 1. The van der Waals surface area contributed by atoms with E-state index in [2.05, 4.69) is 15.3 Å². The van der Waals surface area contributed by atoms with Gasteiger partial charge in [0.1, 0.15) is 12.1 Å². The molecular formula is C29H31N5O5. The number of aromatic nitrogens is 2. The number of oxazole rings is 1. The lowest BCUT2D eigenvalue weighted by Gasteiger charge is -2.29. The monoisotopic (exact) mass is 529 g/mol. The van der Waals surface area contributed by atoms with Crippen LogP contribution in [-0.2, 0) is 20.8 Å². The van der Waals surface area contributed by atoms with Gasteiger partial charge in [-0.2, -0.15) is 0 Å². The number of hydrogen-bond donors (Lipinski definition) is 1. The number of benzene rings is 1. The molecule has 3 unspecified atom stereocenters. The van der Waals surface area contributed by atoms with Crippen LogP contribution in [0.2, 0.25) is 0 Å². The highest BCUT2D eigenvalue weighted by Gasteiger charge is 2.52. The summed E-state index contributed by atoms with van der Waals surface area (Å²) in [6.07, 6.45) is 7.31. The van der Waals surface area contributed by atoms with E-state index in [0.717, 1.165) is 11.1 Å². The topological polar surface area (TPSA) is 126 Å². The Kier molecular flexibility index (Phi) is 7.53. The molecule has 10 heteroatoms. The molecule has 39 heavy (non-hydrogen) atoms. The minimum atomic E-state index is -0.793. The number of rotatable bonds is 8. The molecule has 2 saturated heterocycles. The Labute approximate surface area is 226 Å². The van der Waals surface area contributed by atoms with E-state index in [9.17, 15) is 19.2 Å². The Morgan fingerprint density at radius 3 is 2.54 bits per heavy atom. The van der Waals surface area contributed by atoms with Gasteiger partial charge in [-0.15, -0.1) is 0 Å². The van der Waals surface area contributed by atoms with Crippen molar-refractivity contribution in [2.75, 3.05) is 13.1 Å². The number of amides is 3. The smallest absolute Gasteiger partial charge is 0.251 e.